The van der Waals surface area contributed by atoms with E-state index in [0.29, 0.717) is 23.4 Å². The lowest BCUT2D eigenvalue weighted by atomic mass is 10.0. The van der Waals surface area contributed by atoms with E-state index in [1.165, 1.54) is 19.2 Å². The molecule has 0 aliphatic heterocycles. The number of benzene rings is 3. The van der Waals surface area contributed by atoms with Crippen molar-refractivity contribution in [3.05, 3.63) is 87.4 Å². The first-order valence-corrected chi connectivity index (χ1v) is 13.6. The van der Waals surface area contributed by atoms with Gasteiger partial charge in [-0.2, -0.15) is 0 Å². The molecule has 0 aliphatic carbocycles. The van der Waals surface area contributed by atoms with Crippen LogP contribution in [0, 0.1) is 12.8 Å². The van der Waals surface area contributed by atoms with Crippen molar-refractivity contribution in [2.45, 2.75) is 39.7 Å². The van der Waals surface area contributed by atoms with Gasteiger partial charge in [0.25, 0.3) is 0 Å². The van der Waals surface area contributed by atoms with Crippen molar-refractivity contribution < 1.29 is 23.9 Å². The fourth-order valence-electron chi connectivity index (χ4n) is 3.97. The molecule has 3 rings (SSSR count). The van der Waals surface area contributed by atoms with Gasteiger partial charge in [0.1, 0.15) is 6.04 Å². The summed E-state index contributed by atoms with van der Waals surface area (Å²) in [5.41, 5.74) is 3.18. The summed E-state index contributed by atoms with van der Waals surface area (Å²) in [5.74, 6) is -1.39. The van der Waals surface area contributed by atoms with E-state index >= 15 is 0 Å². The van der Waals surface area contributed by atoms with Crippen molar-refractivity contribution in [2.75, 3.05) is 23.1 Å². The van der Waals surface area contributed by atoms with Crippen molar-refractivity contribution >= 4 is 64.1 Å². The third-order valence-electron chi connectivity index (χ3n) is 6.05. The summed E-state index contributed by atoms with van der Waals surface area (Å²) in [6.45, 7) is 5.77. The molecule has 4 N–H and O–H groups in total. The topological polar surface area (TPSA) is 126 Å². The smallest absolute Gasteiger partial charge is 0.339 e. The summed E-state index contributed by atoms with van der Waals surface area (Å²) in [5, 5.41) is 11.2. The fourth-order valence-corrected chi connectivity index (χ4v) is 4.42. The first-order chi connectivity index (χ1) is 19.5. The average molecular weight is 600 g/mol. The molecule has 0 bridgehead atoms. The molecule has 9 nitrogen and oxygen atoms in total. The van der Waals surface area contributed by atoms with Crippen molar-refractivity contribution in [2.24, 2.45) is 5.92 Å². The van der Waals surface area contributed by atoms with E-state index in [2.05, 4.69) is 26.0 Å². The number of anilines is 3. The minimum atomic E-state index is -0.844. The lowest BCUT2D eigenvalue weighted by molar-refractivity contribution is -0.126. The van der Waals surface area contributed by atoms with Crippen LogP contribution in [0.2, 0.25) is 10.0 Å². The molecule has 3 aromatic carbocycles. The third kappa shape index (κ3) is 9.23. The number of methoxy groups -OCH3 is 1. The maximum atomic E-state index is 13.1. The molecule has 0 saturated heterocycles. The number of nitrogens with one attached hydrogen (secondary N) is 4. The van der Waals surface area contributed by atoms with E-state index in [1.807, 2.05) is 45.0 Å². The first kappa shape index (κ1) is 31.4. The zero-order chi connectivity index (χ0) is 30.1. The SMILES string of the molecule is COC(=O)c1cc(Cl)c(NC(=O)[C@H](CC(C)C)NC(=O)Cc2ccc(NC(=O)Nc3ccccc3C)cc2)cc1Cl. The number of ether oxygens (including phenoxy) is 1. The van der Waals surface area contributed by atoms with Gasteiger partial charge in [0.2, 0.25) is 11.8 Å². The molecule has 4 amide bonds. The van der Waals surface area contributed by atoms with Gasteiger partial charge in [-0.25, -0.2) is 9.59 Å². The molecule has 11 heteroatoms. The number of hydrogen-bond acceptors (Lipinski definition) is 5. The normalized spacial score (nSPS) is 11.4. The molecule has 0 unspecified atom stereocenters. The van der Waals surface area contributed by atoms with Gasteiger partial charge < -0.3 is 26.0 Å². The number of hydrogen-bond donors (Lipinski definition) is 4. The van der Waals surface area contributed by atoms with Gasteiger partial charge in [0, 0.05) is 11.4 Å². The highest BCUT2D eigenvalue weighted by Gasteiger charge is 2.24. The molecule has 0 saturated carbocycles. The van der Waals surface area contributed by atoms with Crippen LogP contribution in [0.4, 0.5) is 21.9 Å². The van der Waals surface area contributed by atoms with Crippen LogP contribution in [0.15, 0.2) is 60.7 Å². The molecule has 1 atom stereocenters. The minimum Gasteiger partial charge on any atom is -0.465 e. The molecule has 0 aromatic heterocycles. The number of urea groups is 1. The van der Waals surface area contributed by atoms with E-state index in [0.717, 1.165) is 5.56 Å². The second kappa shape index (κ2) is 14.5. The zero-order valence-electron chi connectivity index (χ0n) is 23.1. The second-order valence-corrected chi connectivity index (χ2v) is 10.6. The highest BCUT2D eigenvalue weighted by Crippen LogP contribution is 2.30. The predicted octanol–water partition coefficient (Wildman–Crippen LogP) is 6.44. The average Bonchev–Trinajstić information content (AvgIpc) is 2.91. The highest BCUT2D eigenvalue weighted by molar-refractivity contribution is 6.37. The molecule has 216 valence electrons. The van der Waals surface area contributed by atoms with Crippen molar-refractivity contribution in [3.8, 4) is 0 Å². The standard InChI is InChI=1S/C30H32Cl2N4O5/c1-17(2)13-26(28(38)35-25-16-22(31)21(15-23(25)32)29(39)41-4)34-27(37)14-19-9-11-20(12-10-19)33-30(40)36-24-8-6-5-7-18(24)3/h5-12,15-17,26H,13-14H2,1-4H3,(H,34,37)(H,35,38)(H2,33,36,40)/t26-/m0/s1. The molecule has 41 heavy (non-hydrogen) atoms. The summed E-state index contributed by atoms with van der Waals surface area (Å²) >= 11 is 12.4. The van der Waals surface area contributed by atoms with E-state index in [-0.39, 0.29) is 45.6 Å². The minimum absolute atomic E-state index is 0.0258. The van der Waals surface area contributed by atoms with Crippen LogP contribution in [0.25, 0.3) is 0 Å². The van der Waals surface area contributed by atoms with Crippen LogP contribution >= 0.6 is 23.2 Å². The summed E-state index contributed by atoms with van der Waals surface area (Å²) in [6, 6.07) is 15.7. The van der Waals surface area contributed by atoms with Crippen molar-refractivity contribution in [1.82, 2.24) is 5.32 Å². The summed E-state index contributed by atoms with van der Waals surface area (Å²) in [7, 11) is 1.22. The van der Waals surface area contributed by atoms with Gasteiger partial charge in [0.05, 0.1) is 34.8 Å². The van der Waals surface area contributed by atoms with E-state index in [4.69, 9.17) is 23.2 Å². The molecule has 3 aromatic rings. The number of esters is 1. The fraction of sp³-hybridized carbons (Fsp3) is 0.267. The van der Waals surface area contributed by atoms with Crippen LogP contribution in [0.1, 0.15) is 41.8 Å². The maximum absolute atomic E-state index is 13.1. The Labute approximate surface area is 248 Å². The van der Waals surface area contributed by atoms with Gasteiger partial charge in [-0.15, -0.1) is 0 Å². The quantitative estimate of drug-likeness (QED) is 0.200. The number of rotatable bonds is 10. The van der Waals surface area contributed by atoms with E-state index in [1.54, 1.807) is 24.3 Å². The lowest BCUT2D eigenvalue weighted by Gasteiger charge is -2.21. The highest BCUT2D eigenvalue weighted by atomic mass is 35.5. The first-order valence-electron chi connectivity index (χ1n) is 12.9. The number of carbonyl (C=O) groups excluding carboxylic acids is 4. The molecular formula is C30H32Cl2N4O5. The molecule has 0 spiro atoms. The molecule has 0 heterocycles. The van der Waals surface area contributed by atoms with Crippen LogP contribution in [0.3, 0.4) is 0 Å². The number of para-hydroxylation sites is 1. The van der Waals surface area contributed by atoms with E-state index < -0.39 is 17.9 Å². The Morgan fingerprint density at radius 2 is 1.54 bits per heavy atom. The molecule has 0 aliphatic rings. The van der Waals surface area contributed by atoms with Crippen LogP contribution in [-0.4, -0.2) is 37.0 Å². The molecule has 0 radical (unpaired) electrons. The van der Waals surface area contributed by atoms with Crippen LogP contribution in [0.5, 0.6) is 0 Å². The van der Waals surface area contributed by atoms with Gasteiger partial charge in [-0.1, -0.05) is 67.4 Å². The lowest BCUT2D eigenvalue weighted by Crippen LogP contribution is -2.45. The Balaban J connectivity index is 1.61. The Morgan fingerprint density at radius 3 is 2.17 bits per heavy atom. The molecule has 0 fully saturated rings. The van der Waals surface area contributed by atoms with Crippen LogP contribution < -0.4 is 21.3 Å². The van der Waals surface area contributed by atoms with Gasteiger partial charge in [-0.3, -0.25) is 9.59 Å². The summed E-state index contributed by atoms with van der Waals surface area (Å²) in [4.78, 5) is 50.2. The number of amides is 4. The Kier molecular flexibility index (Phi) is 11.1. The van der Waals surface area contributed by atoms with E-state index in [9.17, 15) is 19.2 Å². The maximum Gasteiger partial charge on any atom is 0.339 e. The van der Waals surface area contributed by atoms with Gasteiger partial charge in [-0.05, 0) is 60.7 Å². The molecular weight excluding hydrogens is 567 g/mol. The van der Waals surface area contributed by atoms with Crippen LogP contribution in [-0.2, 0) is 20.7 Å². The largest absolute Gasteiger partial charge is 0.465 e. The zero-order valence-corrected chi connectivity index (χ0v) is 24.7. The Morgan fingerprint density at radius 1 is 0.854 bits per heavy atom. The number of aryl methyl sites for hydroxylation is 1. The van der Waals surface area contributed by atoms with Crippen molar-refractivity contribution in [3.63, 3.8) is 0 Å². The van der Waals surface area contributed by atoms with Crippen molar-refractivity contribution in [1.29, 1.82) is 0 Å². The summed E-state index contributed by atoms with van der Waals surface area (Å²) in [6.07, 6.45) is 0.403. The number of carbonyl (C=O) groups is 4. The Hall–Kier alpha value is -4.08. The van der Waals surface area contributed by atoms with Gasteiger partial charge >= 0.3 is 12.0 Å². The third-order valence-corrected chi connectivity index (χ3v) is 6.67. The second-order valence-electron chi connectivity index (χ2n) is 9.81. The Bertz CT molecular complexity index is 1430. The predicted molar refractivity (Wildman–Crippen MR) is 162 cm³/mol. The number of halogens is 2. The monoisotopic (exact) mass is 598 g/mol. The summed E-state index contributed by atoms with van der Waals surface area (Å²) < 4.78 is 4.68. The van der Waals surface area contributed by atoms with Gasteiger partial charge in [0.15, 0.2) is 0 Å².